The maximum atomic E-state index is 9.22. The first-order valence-corrected chi connectivity index (χ1v) is 7.56. The Morgan fingerprint density at radius 3 is 2.14 bits per heavy atom. The van der Waals surface area contributed by atoms with Crippen molar-refractivity contribution in [2.45, 2.75) is 48.0 Å². The Balaban J connectivity index is 0. The standard InChI is InChI=1S/C12H20N4O.2C2H6/c1-4-9-8(2)5-6-10(15-9)12(13)11(7-17)16(3)14;2*1-2/h5-6,17H,4,7,13-14H2,1-3H3;2*1-2H3/b12-11-;;. The summed E-state index contributed by atoms with van der Waals surface area (Å²) in [6.45, 7) is 11.8. The summed E-state index contributed by atoms with van der Waals surface area (Å²) in [7, 11) is 1.63. The SMILES string of the molecule is CC.CC.CCc1nc(/C(N)=C(\CO)N(C)N)ccc1C. The fourth-order valence-corrected chi connectivity index (χ4v) is 1.61. The van der Waals surface area contributed by atoms with Crippen LogP contribution >= 0.6 is 0 Å². The van der Waals surface area contributed by atoms with Crippen LogP contribution in [-0.2, 0) is 6.42 Å². The maximum absolute atomic E-state index is 9.22. The molecule has 0 bridgehead atoms. The van der Waals surface area contributed by atoms with E-state index in [2.05, 4.69) is 4.98 Å². The minimum atomic E-state index is -0.212. The Bertz CT molecular complexity index is 428. The molecule has 122 valence electrons. The molecule has 0 fully saturated rings. The lowest BCUT2D eigenvalue weighted by Crippen LogP contribution is -2.29. The van der Waals surface area contributed by atoms with Crippen molar-refractivity contribution in [3.8, 4) is 0 Å². The molecule has 0 amide bonds. The molecule has 5 nitrogen and oxygen atoms in total. The van der Waals surface area contributed by atoms with Crippen LogP contribution in [0.15, 0.2) is 17.8 Å². The lowest BCUT2D eigenvalue weighted by atomic mass is 10.1. The van der Waals surface area contributed by atoms with Gasteiger partial charge in [-0.25, -0.2) is 5.84 Å². The van der Waals surface area contributed by atoms with Gasteiger partial charge in [0, 0.05) is 12.7 Å². The van der Waals surface area contributed by atoms with Gasteiger partial charge >= 0.3 is 0 Å². The van der Waals surface area contributed by atoms with Gasteiger partial charge in [0.1, 0.15) is 0 Å². The molecule has 1 aromatic rings. The number of nitrogens with zero attached hydrogens (tertiary/aromatic N) is 2. The number of aromatic nitrogens is 1. The van der Waals surface area contributed by atoms with Gasteiger partial charge in [0.05, 0.1) is 23.7 Å². The highest BCUT2D eigenvalue weighted by molar-refractivity contribution is 5.63. The van der Waals surface area contributed by atoms with E-state index in [-0.39, 0.29) is 6.61 Å². The lowest BCUT2D eigenvalue weighted by molar-refractivity contribution is 0.278. The van der Waals surface area contributed by atoms with E-state index >= 15 is 0 Å². The molecule has 0 saturated carbocycles. The molecule has 1 rings (SSSR count). The first kappa shape index (κ1) is 21.7. The van der Waals surface area contributed by atoms with Crippen molar-refractivity contribution in [3.05, 3.63) is 34.8 Å². The molecule has 0 aliphatic heterocycles. The third kappa shape index (κ3) is 6.60. The zero-order valence-corrected chi connectivity index (χ0v) is 14.6. The summed E-state index contributed by atoms with van der Waals surface area (Å²) in [6.07, 6.45) is 0.847. The summed E-state index contributed by atoms with van der Waals surface area (Å²) in [5, 5.41) is 10.5. The number of rotatable bonds is 4. The Morgan fingerprint density at radius 1 is 1.24 bits per heavy atom. The number of likely N-dealkylation sites (N-methyl/N-ethyl adjacent to an activating group) is 1. The summed E-state index contributed by atoms with van der Waals surface area (Å²) >= 11 is 0. The van der Waals surface area contributed by atoms with Crippen molar-refractivity contribution in [2.24, 2.45) is 11.6 Å². The molecule has 0 unspecified atom stereocenters. The summed E-state index contributed by atoms with van der Waals surface area (Å²) < 4.78 is 0. The van der Waals surface area contributed by atoms with Crippen molar-refractivity contribution >= 4 is 5.70 Å². The van der Waals surface area contributed by atoms with Crippen molar-refractivity contribution in [2.75, 3.05) is 13.7 Å². The Hall–Kier alpha value is -1.59. The number of hydrazine groups is 1. The van der Waals surface area contributed by atoms with Gasteiger partial charge in [-0.1, -0.05) is 40.7 Å². The summed E-state index contributed by atoms with van der Waals surface area (Å²) in [6, 6.07) is 3.81. The average molecular weight is 296 g/mol. The van der Waals surface area contributed by atoms with Gasteiger partial charge in [-0.15, -0.1) is 0 Å². The lowest BCUT2D eigenvalue weighted by Gasteiger charge is -2.17. The monoisotopic (exact) mass is 296 g/mol. The van der Waals surface area contributed by atoms with Gasteiger partial charge in [0.2, 0.25) is 0 Å². The van der Waals surface area contributed by atoms with Crippen LogP contribution in [0.2, 0.25) is 0 Å². The summed E-state index contributed by atoms with van der Waals surface area (Å²) in [4.78, 5) is 4.47. The van der Waals surface area contributed by atoms with Crippen LogP contribution in [0.5, 0.6) is 0 Å². The zero-order valence-electron chi connectivity index (χ0n) is 14.6. The van der Waals surface area contributed by atoms with Crippen LogP contribution in [0.3, 0.4) is 0 Å². The van der Waals surface area contributed by atoms with E-state index in [9.17, 15) is 5.11 Å². The number of hydrogen-bond acceptors (Lipinski definition) is 5. The van der Waals surface area contributed by atoms with Crippen LogP contribution in [0.25, 0.3) is 5.70 Å². The second kappa shape index (κ2) is 12.2. The number of aryl methyl sites for hydroxylation is 2. The third-order valence-corrected chi connectivity index (χ3v) is 2.70. The first-order valence-electron chi connectivity index (χ1n) is 7.56. The highest BCUT2D eigenvalue weighted by Crippen LogP contribution is 2.15. The first-order chi connectivity index (χ1) is 10.0. The normalized spacial score (nSPS) is 10.5. The molecular weight excluding hydrogens is 264 g/mol. The van der Waals surface area contributed by atoms with Crippen molar-refractivity contribution in [1.29, 1.82) is 0 Å². The molecule has 5 heteroatoms. The average Bonchev–Trinajstić information content (AvgIpc) is 2.52. The molecule has 0 atom stereocenters. The van der Waals surface area contributed by atoms with E-state index in [1.807, 2.05) is 53.7 Å². The number of hydrogen-bond donors (Lipinski definition) is 3. The Labute approximate surface area is 129 Å². The molecule has 1 aromatic heterocycles. The second-order valence-electron chi connectivity index (χ2n) is 3.94. The summed E-state index contributed by atoms with van der Waals surface area (Å²) in [5.74, 6) is 5.59. The molecule has 0 aliphatic carbocycles. The molecule has 21 heavy (non-hydrogen) atoms. The van der Waals surface area contributed by atoms with Crippen LogP contribution in [0.4, 0.5) is 0 Å². The third-order valence-electron chi connectivity index (χ3n) is 2.70. The van der Waals surface area contributed by atoms with Crippen LogP contribution in [-0.4, -0.2) is 28.8 Å². The van der Waals surface area contributed by atoms with E-state index in [1.54, 1.807) is 7.05 Å². The fraction of sp³-hybridized carbons (Fsp3) is 0.562. The zero-order chi connectivity index (χ0) is 17.0. The molecule has 1 heterocycles. The van der Waals surface area contributed by atoms with Gasteiger partial charge in [-0.3, -0.25) is 4.98 Å². The van der Waals surface area contributed by atoms with Crippen LogP contribution in [0.1, 0.15) is 51.6 Å². The van der Waals surface area contributed by atoms with E-state index in [0.717, 1.165) is 17.7 Å². The van der Waals surface area contributed by atoms with E-state index in [1.165, 1.54) is 5.01 Å². The highest BCUT2D eigenvalue weighted by atomic mass is 16.3. The molecule has 0 spiro atoms. The smallest absolute Gasteiger partial charge is 0.0881 e. The van der Waals surface area contributed by atoms with Crippen molar-refractivity contribution < 1.29 is 5.11 Å². The quantitative estimate of drug-likeness (QED) is 0.586. The Kier molecular flexibility index (Phi) is 12.6. The van der Waals surface area contributed by atoms with E-state index in [4.69, 9.17) is 11.6 Å². The summed E-state index contributed by atoms with van der Waals surface area (Å²) in [5.41, 5.74) is 9.61. The van der Waals surface area contributed by atoms with Crippen molar-refractivity contribution in [3.63, 3.8) is 0 Å². The molecular formula is C16H32N4O. The number of nitrogens with two attached hydrogens (primary N) is 2. The van der Waals surface area contributed by atoms with Gasteiger partial charge in [0.25, 0.3) is 0 Å². The number of aliphatic hydroxyl groups excluding tert-OH is 1. The molecule has 5 N–H and O–H groups in total. The predicted molar refractivity (Wildman–Crippen MR) is 91.2 cm³/mol. The Morgan fingerprint density at radius 2 is 1.76 bits per heavy atom. The van der Waals surface area contributed by atoms with Gasteiger partial charge in [0.15, 0.2) is 0 Å². The molecule has 0 aliphatic rings. The van der Waals surface area contributed by atoms with Gasteiger partial charge in [-0.05, 0) is 25.0 Å². The predicted octanol–water partition coefficient (Wildman–Crippen LogP) is 2.43. The molecule has 0 saturated heterocycles. The second-order valence-corrected chi connectivity index (χ2v) is 3.94. The minimum Gasteiger partial charge on any atom is -0.395 e. The van der Waals surface area contributed by atoms with E-state index < -0.39 is 0 Å². The fourth-order valence-electron chi connectivity index (χ4n) is 1.61. The highest BCUT2D eigenvalue weighted by Gasteiger charge is 2.10. The van der Waals surface area contributed by atoms with Gasteiger partial charge in [-0.2, -0.15) is 0 Å². The van der Waals surface area contributed by atoms with Gasteiger partial charge < -0.3 is 15.8 Å². The largest absolute Gasteiger partial charge is 0.395 e. The molecule has 0 radical (unpaired) electrons. The van der Waals surface area contributed by atoms with Crippen LogP contribution in [0, 0.1) is 6.92 Å². The molecule has 0 aromatic carbocycles. The minimum absolute atomic E-state index is 0.212. The topological polar surface area (TPSA) is 88.4 Å². The van der Waals surface area contributed by atoms with E-state index in [0.29, 0.717) is 17.1 Å². The van der Waals surface area contributed by atoms with Crippen LogP contribution < -0.4 is 11.6 Å². The number of pyridine rings is 1. The maximum Gasteiger partial charge on any atom is 0.0881 e. The number of aliphatic hydroxyl groups is 1. The van der Waals surface area contributed by atoms with Crippen molar-refractivity contribution in [1.82, 2.24) is 9.99 Å².